The zero-order valence-corrected chi connectivity index (χ0v) is 18.6. The second-order valence-corrected chi connectivity index (χ2v) is 8.91. The van der Waals surface area contributed by atoms with Crippen molar-refractivity contribution < 1.29 is 17.9 Å². The Kier molecular flexibility index (Phi) is 7.81. The molecule has 0 aliphatic rings. The first-order valence-electron chi connectivity index (χ1n) is 9.67. The molecule has 0 saturated heterocycles. The predicted molar refractivity (Wildman–Crippen MR) is 115 cm³/mol. The van der Waals surface area contributed by atoms with Crippen LogP contribution >= 0.6 is 0 Å². The molecule has 0 atom stereocenters. The normalized spacial score (nSPS) is 11.3. The van der Waals surface area contributed by atoms with E-state index in [4.69, 9.17) is 4.74 Å². The van der Waals surface area contributed by atoms with Gasteiger partial charge in [-0.25, -0.2) is 13.1 Å². The fourth-order valence-corrected chi connectivity index (χ4v) is 4.85. The van der Waals surface area contributed by atoms with Gasteiger partial charge in [-0.1, -0.05) is 29.8 Å². The summed E-state index contributed by atoms with van der Waals surface area (Å²) < 4.78 is 33.3. The molecule has 29 heavy (non-hydrogen) atoms. The summed E-state index contributed by atoms with van der Waals surface area (Å²) in [5, 5.41) is 0. The van der Waals surface area contributed by atoms with Crippen LogP contribution in [-0.2, 0) is 21.4 Å². The lowest BCUT2D eigenvalue weighted by atomic mass is 10.1. The minimum absolute atomic E-state index is 0.0571. The second kappa shape index (κ2) is 9.89. The first kappa shape index (κ1) is 22.9. The SMILES string of the molecule is CCOc1ccc(CN(C)C(=O)CCNS(=O)(=O)c2c(C)cc(C)cc2C)cc1. The average molecular weight is 419 g/mol. The quantitative estimate of drug-likeness (QED) is 0.678. The first-order chi connectivity index (χ1) is 13.6. The van der Waals surface area contributed by atoms with E-state index in [0.717, 1.165) is 16.9 Å². The van der Waals surface area contributed by atoms with Crippen molar-refractivity contribution in [1.82, 2.24) is 9.62 Å². The second-order valence-electron chi connectivity index (χ2n) is 7.20. The van der Waals surface area contributed by atoms with E-state index in [0.29, 0.717) is 29.2 Å². The highest BCUT2D eigenvalue weighted by Crippen LogP contribution is 2.21. The molecule has 158 valence electrons. The number of nitrogens with zero attached hydrogens (tertiary/aromatic N) is 1. The predicted octanol–water partition coefficient (Wildman–Crippen LogP) is 3.34. The Bertz CT molecular complexity index is 930. The van der Waals surface area contributed by atoms with Crippen LogP contribution in [-0.4, -0.2) is 39.4 Å². The first-order valence-corrected chi connectivity index (χ1v) is 11.2. The average Bonchev–Trinajstić information content (AvgIpc) is 2.62. The maximum atomic E-state index is 12.7. The van der Waals surface area contributed by atoms with Crippen LogP contribution in [0.5, 0.6) is 5.75 Å². The van der Waals surface area contributed by atoms with Crippen molar-refractivity contribution in [3.63, 3.8) is 0 Å². The summed E-state index contributed by atoms with van der Waals surface area (Å²) in [5.41, 5.74) is 3.41. The van der Waals surface area contributed by atoms with Gasteiger partial charge < -0.3 is 9.64 Å². The molecule has 0 aliphatic heterocycles. The lowest BCUT2D eigenvalue weighted by Gasteiger charge is -2.18. The van der Waals surface area contributed by atoms with Crippen molar-refractivity contribution in [2.45, 2.75) is 45.6 Å². The Balaban J connectivity index is 1.91. The van der Waals surface area contributed by atoms with E-state index in [9.17, 15) is 13.2 Å². The standard InChI is InChI=1S/C22H30N2O4S/c1-6-28-20-9-7-19(8-10-20)15-24(5)21(25)11-12-23-29(26,27)22-17(3)13-16(2)14-18(22)4/h7-10,13-14,23H,6,11-12,15H2,1-5H3. The van der Waals surface area contributed by atoms with Crippen LogP contribution in [0.4, 0.5) is 0 Å². The summed E-state index contributed by atoms with van der Waals surface area (Å²) in [7, 11) is -1.95. The highest BCUT2D eigenvalue weighted by Gasteiger charge is 2.20. The summed E-state index contributed by atoms with van der Waals surface area (Å²) in [5.74, 6) is 0.667. The lowest BCUT2D eigenvalue weighted by molar-refractivity contribution is -0.130. The number of amides is 1. The zero-order chi connectivity index (χ0) is 21.6. The summed E-state index contributed by atoms with van der Waals surface area (Å²) in [6.45, 7) is 8.54. The molecule has 6 nitrogen and oxygen atoms in total. The molecule has 0 heterocycles. The van der Waals surface area contributed by atoms with Crippen molar-refractivity contribution in [3.8, 4) is 5.75 Å². The summed E-state index contributed by atoms with van der Waals surface area (Å²) in [4.78, 5) is 14.3. The molecular weight excluding hydrogens is 388 g/mol. The number of hydrogen-bond donors (Lipinski definition) is 1. The van der Waals surface area contributed by atoms with E-state index in [2.05, 4.69) is 4.72 Å². The Morgan fingerprint density at radius 1 is 1.07 bits per heavy atom. The molecule has 2 aromatic rings. The fourth-order valence-electron chi connectivity index (χ4n) is 3.37. The lowest BCUT2D eigenvalue weighted by Crippen LogP contribution is -2.32. The largest absolute Gasteiger partial charge is 0.494 e. The summed E-state index contributed by atoms with van der Waals surface area (Å²) in [6, 6.07) is 11.3. The molecule has 2 aromatic carbocycles. The number of rotatable bonds is 9. The van der Waals surface area contributed by atoms with Crippen LogP contribution in [0.3, 0.4) is 0 Å². The number of sulfonamides is 1. The van der Waals surface area contributed by atoms with Gasteiger partial charge in [-0.3, -0.25) is 4.79 Å². The number of benzene rings is 2. The Morgan fingerprint density at radius 2 is 1.66 bits per heavy atom. The van der Waals surface area contributed by atoms with E-state index < -0.39 is 10.0 Å². The molecule has 0 radical (unpaired) electrons. The van der Waals surface area contributed by atoms with Gasteiger partial charge in [0.2, 0.25) is 15.9 Å². The molecule has 7 heteroatoms. The van der Waals surface area contributed by atoms with Gasteiger partial charge in [0.15, 0.2) is 0 Å². The van der Waals surface area contributed by atoms with Crippen LogP contribution < -0.4 is 9.46 Å². The maximum Gasteiger partial charge on any atom is 0.241 e. The van der Waals surface area contributed by atoms with E-state index in [1.165, 1.54) is 0 Å². The summed E-state index contributed by atoms with van der Waals surface area (Å²) >= 11 is 0. The van der Waals surface area contributed by atoms with Gasteiger partial charge in [0.1, 0.15) is 5.75 Å². The van der Waals surface area contributed by atoms with Gasteiger partial charge in [0, 0.05) is 26.6 Å². The molecular formula is C22H30N2O4S. The van der Waals surface area contributed by atoms with Crippen molar-refractivity contribution >= 4 is 15.9 Å². The third kappa shape index (κ3) is 6.30. The Labute approximate surface area is 173 Å². The van der Waals surface area contributed by atoms with Gasteiger partial charge in [-0.15, -0.1) is 0 Å². The number of hydrogen-bond acceptors (Lipinski definition) is 4. The minimum atomic E-state index is -3.66. The molecule has 0 fully saturated rings. The van der Waals surface area contributed by atoms with Crippen molar-refractivity contribution in [1.29, 1.82) is 0 Å². The van der Waals surface area contributed by atoms with Crippen LogP contribution in [0.2, 0.25) is 0 Å². The molecule has 0 bridgehead atoms. The Morgan fingerprint density at radius 3 is 2.21 bits per heavy atom. The maximum absolute atomic E-state index is 12.7. The molecule has 0 spiro atoms. The highest BCUT2D eigenvalue weighted by molar-refractivity contribution is 7.89. The van der Waals surface area contributed by atoms with Crippen molar-refractivity contribution in [2.24, 2.45) is 0 Å². The molecule has 0 aliphatic carbocycles. The number of carbonyl (C=O) groups excluding carboxylic acids is 1. The van der Waals surface area contributed by atoms with Gasteiger partial charge in [0.25, 0.3) is 0 Å². The molecule has 1 amide bonds. The van der Waals surface area contributed by atoms with Crippen molar-refractivity contribution in [3.05, 3.63) is 58.7 Å². The van der Waals surface area contributed by atoms with Crippen LogP contribution in [0.1, 0.15) is 35.6 Å². The van der Waals surface area contributed by atoms with Gasteiger partial charge >= 0.3 is 0 Å². The van der Waals surface area contributed by atoms with Crippen LogP contribution in [0.15, 0.2) is 41.3 Å². The zero-order valence-electron chi connectivity index (χ0n) is 17.8. The van der Waals surface area contributed by atoms with Gasteiger partial charge in [-0.2, -0.15) is 0 Å². The molecule has 1 N–H and O–H groups in total. The fraction of sp³-hybridized carbons (Fsp3) is 0.409. The van der Waals surface area contributed by atoms with Crippen molar-refractivity contribution in [2.75, 3.05) is 20.2 Å². The van der Waals surface area contributed by atoms with E-state index in [1.807, 2.05) is 50.2 Å². The molecule has 0 unspecified atom stereocenters. The molecule has 0 saturated carbocycles. The molecule has 2 rings (SSSR count). The highest BCUT2D eigenvalue weighted by atomic mass is 32.2. The third-order valence-corrected chi connectivity index (χ3v) is 6.35. The number of ether oxygens (including phenoxy) is 1. The van der Waals surface area contributed by atoms with E-state index >= 15 is 0 Å². The molecule has 0 aromatic heterocycles. The smallest absolute Gasteiger partial charge is 0.241 e. The number of carbonyl (C=O) groups is 1. The monoisotopic (exact) mass is 418 g/mol. The van der Waals surface area contributed by atoms with Gasteiger partial charge in [0.05, 0.1) is 11.5 Å². The van der Waals surface area contributed by atoms with Crippen LogP contribution in [0, 0.1) is 20.8 Å². The van der Waals surface area contributed by atoms with Crippen LogP contribution in [0.25, 0.3) is 0 Å². The summed E-state index contributed by atoms with van der Waals surface area (Å²) in [6.07, 6.45) is 0.0940. The third-order valence-electron chi connectivity index (χ3n) is 4.58. The number of aryl methyl sites for hydroxylation is 3. The minimum Gasteiger partial charge on any atom is -0.494 e. The Hall–Kier alpha value is -2.38. The van der Waals surface area contributed by atoms with E-state index in [1.54, 1.807) is 25.8 Å². The van der Waals surface area contributed by atoms with Gasteiger partial charge in [-0.05, 0) is 56.5 Å². The topological polar surface area (TPSA) is 75.7 Å². The van der Waals surface area contributed by atoms with E-state index in [-0.39, 0.29) is 18.9 Å². The number of nitrogens with one attached hydrogen (secondary N) is 1.